The van der Waals surface area contributed by atoms with Crippen molar-refractivity contribution in [2.24, 2.45) is 5.92 Å². The van der Waals surface area contributed by atoms with Gasteiger partial charge in [-0.2, -0.15) is 0 Å². The van der Waals surface area contributed by atoms with Gasteiger partial charge in [0.05, 0.1) is 13.2 Å². The third-order valence-corrected chi connectivity index (χ3v) is 12.4. The molecule has 0 aliphatic carbocycles. The maximum Gasteiger partial charge on any atom is 0.306 e. The molecule has 62 heavy (non-hydrogen) atoms. The highest BCUT2D eigenvalue weighted by molar-refractivity contribution is 5.69. The Morgan fingerprint density at radius 1 is 0.452 bits per heavy atom. The molecule has 0 rings (SSSR count). The Bertz CT molecular complexity index is 788. The van der Waals surface area contributed by atoms with Crippen molar-refractivity contribution in [2.45, 2.75) is 298 Å². The van der Waals surface area contributed by atoms with Crippen LogP contribution in [-0.2, 0) is 19.1 Å². The Morgan fingerprint density at radius 3 is 1.18 bits per heavy atom. The predicted octanol–water partition coefficient (Wildman–Crippen LogP) is 17.4. The van der Waals surface area contributed by atoms with Gasteiger partial charge in [-0.05, 0) is 64.0 Å². The van der Waals surface area contributed by atoms with Gasteiger partial charge in [-0.25, -0.2) is 0 Å². The number of esters is 1. The zero-order valence-corrected chi connectivity index (χ0v) is 43.4. The summed E-state index contributed by atoms with van der Waals surface area (Å²) in [6, 6.07) is 0. The Kier molecular flexibility index (Phi) is 65.4. The van der Waals surface area contributed by atoms with E-state index in [1.807, 2.05) is 0 Å². The Labute approximate surface area is 390 Å². The number of aliphatic hydroxyl groups is 1. The van der Waals surface area contributed by atoms with E-state index in [-0.39, 0.29) is 12.6 Å². The summed E-state index contributed by atoms with van der Waals surface area (Å²) >= 11 is 0. The van der Waals surface area contributed by atoms with Gasteiger partial charge in [0.1, 0.15) is 6.29 Å². The molecule has 0 heterocycles. The van der Waals surface area contributed by atoms with Crippen LogP contribution in [0.1, 0.15) is 298 Å². The molecule has 6 heteroatoms. The molecule has 374 valence electrons. The molecule has 6 nitrogen and oxygen atoms in total. The molecule has 0 saturated heterocycles. The van der Waals surface area contributed by atoms with E-state index in [2.05, 4.69) is 39.5 Å². The molecule has 0 bridgehead atoms. The van der Waals surface area contributed by atoms with Crippen LogP contribution in [0.25, 0.3) is 0 Å². The lowest BCUT2D eigenvalue weighted by molar-refractivity contribution is -0.145. The first-order chi connectivity index (χ1) is 30.5. The Balaban J connectivity index is -0.00000159. The van der Waals surface area contributed by atoms with Crippen LogP contribution in [0.4, 0.5) is 0 Å². The van der Waals surface area contributed by atoms with Gasteiger partial charge >= 0.3 is 5.97 Å². The molecular formula is C56H115NO5. The molecule has 0 aliphatic rings. The molecule has 0 aliphatic heterocycles. The predicted molar refractivity (Wildman–Crippen MR) is 274 cm³/mol. The van der Waals surface area contributed by atoms with E-state index in [4.69, 9.17) is 9.47 Å². The summed E-state index contributed by atoms with van der Waals surface area (Å²) in [5.74, 6) is 0.559. The van der Waals surface area contributed by atoms with Crippen molar-refractivity contribution >= 4 is 12.3 Å². The van der Waals surface area contributed by atoms with Crippen molar-refractivity contribution in [1.82, 2.24) is 4.90 Å². The van der Waals surface area contributed by atoms with E-state index >= 15 is 0 Å². The van der Waals surface area contributed by atoms with Gasteiger partial charge in [0.2, 0.25) is 0 Å². The number of aliphatic hydroxyl groups excluding tert-OH is 1. The van der Waals surface area contributed by atoms with Crippen molar-refractivity contribution < 1.29 is 24.2 Å². The zero-order chi connectivity index (χ0) is 46.1. The third kappa shape index (κ3) is 61.1. The van der Waals surface area contributed by atoms with E-state index in [9.17, 15) is 14.7 Å². The number of hydrogen-bond acceptors (Lipinski definition) is 6. The smallest absolute Gasteiger partial charge is 0.306 e. The van der Waals surface area contributed by atoms with Crippen LogP contribution >= 0.6 is 0 Å². The molecule has 0 fully saturated rings. The highest BCUT2D eigenvalue weighted by Crippen LogP contribution is 2.23. The minimum atomic E-state index is 0.0406. The second-order valence-electron chi connectivity index (χ2n) is 18.7. The molecule has 0 amide bonds. The molecular weight excluding hydrogens is 767 g/mol. The number of rotatable bonds is 49. The van der Waals surface area contributed by atoms with Gasteiger partial charge < -0.3 is 24.3 Å². The first kappa shape index (κ1) is 65.3. The molecule has 1 atom stereocenters. The zero-order valence-electron chi connectivity index (χ0n) is 43.4. The lowest BCUT2D eigenvalue weighted by atomic mass is 9.91. The monoisotopic (exact) mass is 882 g/mol. The van der Waals surface area contributed by atoms with Crippen molar-refractivity contribution in [1.29, 1.82) is 0 Å². The molecule has 0 saturated carbocycles. The molecule has 1 N–H and O–H groups in total. The summed E-state index contributed by atoms with van der Waals surface area (Å²) in [4.78, 5) is 24.9. The number of carbonyl (C=O) groups excluding carboxylic acids is 2. The molecule has 0 aromatic heterocycles. The molecule has 0 radical (unpaired) electrons. The summed E-state index contributed by atoms with van der Waals surface area (Å²) in [7, 11) is 1.78. The van der Waals surface area contributed by atoms with Crippen molar-refractivity contribution in [3.63, 3.8) is 0 Å². The quantitative estimate of drug-likeness (QED) is 0.0373. The SMILES string of the molecule is CCCCCCCC=O.CCCCCCCCC.CCCCCCCCCC(CCCCCC)CC(=O)OCCCCCCCCCN(CCO)CCCCCCCCCOC. The summed E-state index contributed by atoms with van der Waals surface area (Å²) < 4.78 is 10.8. The highest BCUT2D eigenvalue weighted by Gasteiger charge is 2.15. The topological polar surface area (TPSA) is 76.1 Å². The van der Waals surface area contributed by atoms with Crippen LogP contribution in [0, 0.1) is 5.92 Å². The van der Waals surface area contributed by atoms with Crippen LogP contribution in [0.3, 0.4) is 0 Å². The van der Waals surface area contributed by atoms with Gasteiger partial charge in [0, 0.05) is 33.1 Å². The fraction of sp³-hybridized carbons (Fsp3) is 0.964. The molecule has 1 unspecified atom stereocenters. The maximum absolute atomic E-state index is 12.6. The minimum Gasteiger partial charge on any atom is -0.466 e. The average Bonchev–Trinajstić information content (AvgIpc) is 3.27. The van der Waals surface area contributed by atoms with Crippen molar-refractivity contribution in [3.05, 3.63) is 0 Å². The first-order valence-corrected chi connectivity index (χ1v) is 27.9. The largest absolute Gasteiger partial charge is 0.466 e. The lowest BCUT2D eigenvalue weighted by Crippen LogP contribution is -2.29. The second-order valence-corrected chi connectivity index (χ2v) is 18.7. The number of hydrogen-bond donors (Lipinski definition) is 1. The van der Waals surface area contributed by atoms with Crippen LogP contribution < -0.4 is 0 Å². The summed E-state index contributed by atoms with van der Waals surface area (Å²) in [5, 5.41) is 9.44. The minimum absolute atomic E-state index is 0.0406. The standard InChI is InChI=1S/C39H79NO4.C9H20.C8H16O/c1-4-6-8-10-13-18-24-30-38(29-23-9-7-5-2)37-39(42)44-36-28-22-17-12-15-20-26-32-40(33-34-41)31-25-19-14-11-16-21-27-35-43-3;1-3-5-7-9-8-6-4-2;1-2-3-4-5-6-7-8-9/h38,41H,4-37H2,1-3H3;3-9H2,1-2H3;8H,2-7H2,1H3. The van der Waals surface area contributed by atoms with Gasteiger partial charge in [-0.3, -0.25) is 4.79 Å². The van der Waals surface area contributed by atoms with Crippen molar-refractivity contribution in [3.8, 4) is 0 Å². The Hall–Kier alpha value is -0.980. The van der Waals surface area contributed by atoms with E-state index in [1.54, 1.807) is 7.11 Å². The third-order valence-electron chi connectivity index (χ3n) is 12.4. The van der Waals surface area contributed by atoms with E-state index < -0.39 is 0 Å². The van der Waals surface area contributed by atoms with Crippen LogP contribution in [0.5, 0.6) is 0 Å². The summed E-state index contributed by atoms with van der Waals surface area (Å²) in [6.07, 6.45) is 53.0. The molecule has 0 spiro atoms. The van der Waals surface area contributed by atoms with E-state index in [0.29, 0.717) is 18.9 Å². The number of unbranched alkanes of at least 4 members (excludes halogenated alkanes) is 32. The average molecular weight is 883 g/mol. The first-order valence-electron chi connectivity index (χ1n) is 27.9. The van der Waals surface area contributed by atoms with Gasteiger partial charge in [-0.15, -0.1) is 0 Å². The molecule has 0 aromatic carbocycles. The number of carbonyl (C=O) groups is 2. The van der Waals surface area contributed by atoms with E-state index in [1.165, 1.54) is 231 Å². The number of ether oxygens (including phenoxy) is 2. The number of aldehydes is 1. The highest BCUT2D eigenvalue weighted by atomic mass is 16.5. The van der Waals surface area contributed by atoms with Gasteiger partial charge in [-0.1, -0.05) is 240 Å². The molecule has 0 aromatic rings. The maximum atomic E-state index is 12.6. The second kappa shape index (κ2) is 62.1. The van der Waals surface area contributed by atoms with Crippen LogP contribution in [-0.4, -0.2) is 68.8 Å². The fourth-order valence-electron chi connectivity index (χ4n) is 8.20. The van der Waals surface area contributed by atoms with Gasteiger partial charge in [0.25, 0.3) is 0 Å². The van der Waals surface area contributed by atoms with Crippen LogP contribution in [0.2, 0.25) is 0 Å². The van der Waals surface area contributed by atoms with E-state index in [0.717, 1.165) is 58.2 Å². The normalized spacial score (nSPS) is 11.5. The fourth-order valence-corrected chi connectivity index (χ4v) is 8.20. The summed E-state index contributed by atoms with van der Waals surface area (Å²) in [6.45, 7) is 16.1. The Morgan fingerprint density at radius 2 is 0.790 bits per heavy atom. The van der Waals surface area contributed by atoms with Crippen molar-refractivity contribution in [2.75, 3.05) is 46.6 Å². The number of methoxy groups -OCH3 is 1. The summed E-state index contributed by atoms with van der Waals surface area (Å²) in [5.41, 5.74) is 0. The van der Waals surface area contributed by atoms with Gasteiger partial charge in [0.15, 0.2) is 0 Å². The lowest BCUT2D eigenvalue weighted by Gasteiger charge is -2.21. The van der Waals surface area contributed by atoms with Crippen LogP contribution in [0.15, 0.2) is 0 Å². The number of nitrogens with zero attached hydrogens (tertiary/aromatic N) is 1.